The van der Waals surface area contributed by atoms with Crippen molar-refractivity contribution in [1.82, 2.24) is 9.97 Å². The zero-order chi connectivity index (χ0) is 12.3. The summed E-state index contributed by atoms with van der Waals surface area (Å²) < 4.78 is 0. The summed E-state index contributed by atoms with van der Waals surface area (Å²) in [4.78, 5) is 7.93. The molecule has 1 aromatic heterocycles. The highest BCUT2D eigenvalue weighted by Crippen LogP contribution is 2.19. The third-order valence-corrected chi connectivity index (χ3v) is 2.52. The molecule has 0 bridgehead atoms. The van der Waals surface area contributed by atoms with E-state index in [0.29, 0.717) is 11.7 Å². The zero-order valence-corrected chi connectivity index (χ0v) is 10.0. The molecule has 1 heterocycles. The van der Waals surface area contributed by atoms with Crippen LogP contribution in [0, 0.1) is 0 Å². The quantitative estimate of drug-likeness (QED) is 0.847. The van der Waals surface area contributed by atoms with Crippen LogP contribution in [0.25, 0.3) is 0 Å². The van der Waals surface area contributed by atoms with Crippen molar-refractivity contribution in [1.29, 1.82) is 0 Å². The summed E-state index contributed by atoms with van der Waals surface area (Å²) in [5, 5.41) is 3.18. The molecule has 2 rings (SSSR count). The van der Waals surface area contributed by atoms with Crippen molar-refractivity contribution in [3.8, 4) is 0 Å². The first-order valence-electron chi connectivity index (χ1n) is 5.60. The number of hydrogen-bond donors (Lipinski definition) is 2. The van der Waals surface area contributed by atoms with Crippen LogP contribution in [-0.2, 0) is 0 Å². The number of aromatic nitrogens is 2. The van der Waals surface area contributed by atoms with Gasteiger partial charge in [-0.05, 0) is 29.7 Å². The van der Waals surface area contributed by atoms with E-state index in [4.69, 9.17) is 5.73 Å². The van der Waals surface area contributed by atoms with Crippen LogP contribution >= 0.6 is 0 Å². The van der Waals surface area contributed by atoms with Gasteiger partial charge in [-0.3, -0.25) is 0 Å². The summed E-state index contributed by atoms with van der Waals surface area (Å²) in [6.07, 6.45) is 1.63. The van der Waals surface area contributed by atoms with Crippen LogP contribution in [0.2, 0.25) is 0 Å². The summed E-state index contributed by atoms with van der Waals surface area (Å²) in [7, 11) is 0. The normalized spacial score (nSPS) is 10.5. The van der Waals surface area contributed by atoms with Gasteiger partial charge >= 0.3 is 0 Å². The Bertz CT molecular complexity index is 491. The molecule has 0 aliphatic rings. The third kappa shape index (κ3) is 2.93. The van der Waals surface area contributed by atoms with Crippen molar-refractivity contribution in [2.24, 2.45) is 0 Å². The first kappa shape index (κ1) is 11.4. The highest BCUT2D eigenvalue weighted by Gasteiger charge is 2.00. The number of nitrogens with one attached hydrogen (secondary N) is 1. The lowest BCUT2D eigenvalue weighted by Gasteiger charge is -2.08. The maximum Gasteiger partial charge on any atom is 0.221 e. The second-order valence-corrected chi connectivity index (χ2v) is 4.20. The Morgan fingerprint density at radius 1 is 1.12 bits per heavy atom. The maximum absolute atomic E-state index is 5.51. The predicted octanol–water partition coefficient (Wildman–Crippen LogP) is 2.93. The van der Waals surface area contributed by atoms with E-state index in [9.17, 15) is 0 Å². The Morgan fingerprint density at radius 2 is 1.82 bits per heavy atom. The van der Waals surface area contributed by atoms with Crippen LogP contribution in [0.3, 0.4) is 0 Å². The molecule has 0 unspecified atom stereocenters. The molecule has 0 aliphatic carbocycles. The van der Waals surface area contributed by atoms with E-state index >= 15 is 0 Å². The lowest BCUT2D eigenvalue weighted by molar-refractivity contribution is 0.867. The second kappa shape index (κ2) is 4.82. The van der Waals surface area contributed by atoms with E-state index in [1.54, 1.807) is 12.3 Å². The van der Waals surface area contributed by atoms with E-state index in [1.165, 1.54) is 5.56 Å². The van der Waals surface area contributed by atoms with Crippen LogP contribution in [0.15, 0.2) is 36.5 Å². The number of benzene rings is 1. The first-order valence-corrected chi connectivity index (χ1v) is 5.60. The molecule has 1 aromatic carbocycles. The van der Waals surface area contributed by atoms with E-state index in [0.717, 1.165) is 5.69 Å². The minimum absolute atomic E-state index is 0.272. The predicted molar refractivity (Wildman–Crippen MR) is 70.3 cm³/mol. The van der Waals surface area contributed by atoms with Crippen molar-refractivity contribution >= 4 is 17.5 Å². The van der Waals surface area contributed by atoms with Crippen molar-refractivity contribution < 1.29 is 0 Å². The fraction of sp³-hybridized carbons (Fsp3) is 0.231. The Hall–Kier alpha value is -2.10. The molecule has 0 aliphatic heterocycles. The lowest BCUT2D eigenvalue weighted by atomic mass is 10.0. The van der Waals surface area contributed by atoms with Gasteiger partial charge in [-0.25, -0.2) is 4.98 Å². The molecule has 0 atom stereocenters. The topological polar surface area (TPSA) is 63.8 Å². The van der Waals surface area contributed by atoms with Gasteiger partial charge in [0.1, 0.15) is 5.82 Å². The van der Waals surface area contributed by atoms with Gasteiger partial charge in [-0.15, -0.1) is 0 Å². The molecule has 0 saturated carbocycles. The molecular weight excluding hydrogens is 212 g/mol. The summed E-state index contributed by atoms with van der Waals surface area (Å²) in [6.45, 7) is 4.35. The van der Waals surface area contributed by atoms with Crippen molar-refractivity contribution in [2.45, 2.75) is 19.8 Å². The van der Waals surface area contributed by atoms with Crippen LogP contribution in [0.5, 0.6) is 0 Å². The molecule has 0 saturated heterocycles. The van der Waals surface area contributed by atoms with Gasteiger partial charge in [0.2, 0.25) is 5.95 Å². The van der Waals surface area contributed by atoms with Gasteiger partial charge in [0.15, 0.2) is 0 Å². The monoisotopic (exact) mass is 228 g/mol. The Kier molecular flexibility index (Phi) is 3.23. The number of nitrogen functional groups attached to an aromatic ring is 1. The van der Waals surface area contributed by atoms with Gasteiger partial charge in [0, 0.05) is 11.9 Å². The molecule has 0 fully saturated rings. The average molecular weight is 228 g/mol. The van der Waals surface area contributed by atoms with Crippen LogP contribution in [-0.4, -0.2) is 9.97 Å². The Labute approximate surface area is 101 Å². The summed E-state index contributed by atoms with van der Waals surface area (Å²) in [5.74, 6) is 1.52. The standard InChI is InChI=1S/C13H16N4/c1-9(2)10-3-5-11(6-4-10)16-12-7-8-15-13(14)17-12/h3-9H,1-2H3,(H3,14,15,16,17). The molecule has 4 heteroatoms. The van der Waals surface area contributed by atoms with Gasteiger partial charge in [-0.2, -0.15) is 4.98 Å². The van der Waals surface area contributed by atoms with Crippen molar-refractivity contribution in [2.75, 3.05) is 11.1 Å². The number of nitrogens with two attached hydrogens (primary N) is 1. The molecule has 0 spiro atoms. The first-order chi connectivity index (χ1) is 8.15. The second-order valence-electron chi connectivity index (χ2n) is 4.20. The van der Waals surface area contributed by atoms with Crippen LogP contribution in [0.4, 0.5) is 17.5 Å². The van der Waals surface area contributed by atoms with Crippen molar-refractivity contribution in [3.05, 3.63) is 42.1 Å². The molecule has 17 heavy (non-hydrogen) atoms. The van der Waals surface area contributed by atoms with Gasteiger partial charge < -0.3 is 11.1 Å². The van der Waals surface area contributed by atoms with Gasteiger partial charge in [0.05, 0.1) is 0 Å². The van der Waals surface area contributed by atoms with E-state index < -0.39 is 0 Å². The molecule has 2 aromatic rings. The summed E-state index contributed by atoms with van der Waals surface area (Å²) in [5.41, 5.74) is 7.82. The highest BCUT2D eigenvalue weighted by atomic mass is 15.1. The third-order valence-electron chi connectivity index (χ3n) is 2.52. The number of hydrogen-bond acceptors (Lipinski definition) is 4. The smallest absolute Gasteiger partial charge is 0.221 e. The van der Waals surface area contributed by atoms with Crippen molar-refractivity contribution in [3.63, 3.8) is 0 Å². The van der Waals surface area contributed by atoms with E-state index in [-0.39, 0.29) is 5.95 Å². The SMILES string of the molecule is CC(C)c1ccc(Nc2ccnc(N)n2)cc1. The van der Waals surface area contributed by atoms with E-state index in [2.05, 4.69) is 41.3 Å². The Balaban J connectivity index is 2.14. The molecule has 88 valence electrons. The molecular formula is C13H16N4. The molecule has 3 N–H and O–H groups in total. The zero-order valence-electron chi connectivity index (χ0n) is 10.0. The maximum atomic E-state index is 5.51. The van der Waals surface area contributed by atoms with Gasteiger partial charge in [0.25, 0.3) is 0 Å². The van der Waals surface area contributed by atoms with E-state index in [1.807, 2.05) is 12.1 Å². The number of anilines is 3. The highest BCUT2D eigenvalue weighted by molar-refractivity contribution is 5.56. The lowest BCUT2D eigenvalue weighted by Crippen LogP contribution is -1.99. The fourth-order valence-corrected chi connectivity index (χ4v) is 1.54. The van der Waals surface area contributed by atoms with Crippen LogP contribution < -0.4 is 11.1 Å². The van der Waals surface area contributed by atoms with Crippen LogP contribution in [0.1, 0.15) is 25.3 Å². The minimum atomic E-state index is 0.272. The number of rotatable bonds is 3. The molecule has 4 nitrogen and oxygen atoms in total. The minimum Gasteiger partial charge on any atom is -0.368 e. The summed E-state index contributed by atoms with van der Waals surface area (Å²) >= 11 is 0. The average Bonchev–Trinajstić information content (AvgIpc) is 2.29. The number of nitrogens with zero attached hydrogens (tertiary/aromatic N) is 2. The summed E-state index contributed by atoms with van der Waals surface area (Å²) in [6, 6.07) is 10.1. The largest absolute Gasteiger partial charge is 0.368 e. The Morgan fingerprint density at radius 3 is 2.41 bits per heavy atom. The molecule has 0 amide bonds. The fourth-order valence-electron chi connectivity index (χ4n) is 1.54. The van der Waals surface area contributed by atoms with Gasteiger partial charge in [-0.1, -0.05) is 26.0 Å². The molecule has 0 radical (unpaired) electrons.